The number of anilines is 1. The van der Waals surface area contributed by atoms with E-state index in [0.717, 1.165) is 19.6 Å². The van der Waals surface area contributed by atoms with Gasteiger partial charge in [0.05, 0.1) is 11.9 Å². The maximum absolute atomic E-state index is 4.44. The van der Waals surface area contributed by atoms with Crippen LogP contribution >= 0.6 is 0 Å². The number of rotatable bonds is 5. The van der Waals surface area contributed by atoms with E-state index in [9.17, 15) is 0 Å². The van der Waals surface area contributed by atoms with E-state index in [4.69, 9.17) is 0 Å². The van der Waals surface area contributed by atoms with Crippen molar-refractivity contribution in [2.45, 2.75) is 52.6 Å². The molecular formula is C15H28N4. The summed E-state index contributed by atoms with van der Waals surface area (Å²) in [5.74, 6) is 0.697. The summed E-state index contributed by atoms with van der Waals surface area (Å²) >= 11 is 0. The molecule has 0 bridgehead atoms. The van der Waals surface area contributed by atoms with Crippen molar-refractivity contribution in [3.05, 3.63) is 12.4 Å². The van der Waals surface area contributed by atoms with Gasteiger partial charge in [0, 0.05) is 31.4 Å². The van der Waals surface area contributed by atoms with Gasteiger partial charge in [0.2, 0.25) is 0 Å². The second-order valence-electron chi connectivity index (χ2n) is 6.04. The number of piperidine rings is 1. The third kappa shape index (κ3) is 3.50. The van der Waals surface area contributed by atoms with Crippen LogP contribution < -0.4 is 10.2 Å². The Labute approximate surface area is 117 Å². The molecule has 0 saturated carbocycles. The maximum atomic E-state index is 4.44. The molecule has 0 radical (unpaired) electrons. The Morgan fingerprint density at radius 2 is 2.26 bits per heavy atom. The minimum atomic E-state index is 0.440. The predicted octanol–water partition coefficient (Wildman–Crippen LogP) is 2.68. The van der Waals surface area contributed by atoms with Crippen molar-refractivity contribution < 1.29 is 0 Å². The maximum Gasteiger partial charge on any atom is 0.0752 e. The van der Waals surface area contributed by atoms with Crippen LogP contribution in [-0.4, -0.2) is 35.5 Å². The van der Waals surface area contributed by atoms with E-state index in [-0.39, 0.29) is 0 Å². The van der Waals surface area contributed by atoms with Gasteiger partial charge in [-0.05, 0) is 39.2 Å². The molecule has 1 aromatic heterocycles. The first-order valence-electron chi connectivity index (χ1n) is 7.64. The summed E-state index contributed by atoms with van der Waals surface area (Å²) in [6.07, 6.45) is 6.63. The zero-order valence-corrected chi connectivity index (χ0v) is 12.8. The van der Waals surface area contributed by atoms with E-state index >= 15 is 0 Å². The van der Waals surface area contributed by atoms with Crippen molar-refractivity contribution in [3.8, 4) is 0 Å². The van der Waals surface area contributed by atoms with Gasteiger partial charge in [-0.15, -0.1) is 0 Å². The smallest absolute Gasteiger partial charge is 0.0752 e. The molecule has 19 heavy (non-hydrogen) atoms. The molecule has 4 nitrogen and oxygen atoms in total. The van der Waals surface area contributed by atoms with Crippen LogP contribution in [-0.2, 0) is 0 Å². The minimum Gasteiger partial charge on any atom is -0.369 e. The third-order valence-electron chi connectivity index (χ3n) is 4.04. The van der Waals surface area contributed by atoms with Crippen molar-refractivity contribution in [1.82, 2.24) is 15.1 Å². The van der Waals surface area contributed by atoms with Crippen LogP contribution in [0.5, 0.6) is 0 Å². The highest BCUT2D eigenvalue weighted by Crippen LogP contribution is 2.23. The zero-order chi connectivity index (χ0) is 13.8. The number of hydrogen-bond acceptors (Lipinski definition) is 3. The van der Waals surface area contributed by atoms with E-state index in [1.54, 1.807) is 0 Å². The highest BCUT2D eigenvalue weighted by Gasteiger charge is 2.26. The van der Waals surface area contributed by atoms with Crippen LogP contribution in [0.3, 0.4) is 0 Å². The van der Waals surface area contributed by atoms with E-state index in [1.807, 2.05) is 10.9 Å². The van der Waals surface area contributed by atoms with E-state index < -0.39 is 0 Å². The normalized spacial score (nSPS) is 24.2. The molecule has 4 heteroatoms. The van der Waals surface area contributed by atoms with Crippen LogP contribution in [0, 0.1) is 5.92 Å². The van der Waals surface area contributed by atoms with E-state index in [0.29, 0.717) is 18.0 Å². The Kier molecular flexibility index (Phi) is 4.86. The summed E-state index contributed by atoms with van der Waals surface area (Å²) in [5.41, 5.74) is 1.27. The molecule has 1 fully saturated rings. The number of nitrogens with one attached hydrogen (secondary N) is 1. The molecule has 2 unspecified atom stereocenters. The van der Waals surface area contributed by atoms with Gasteiger partial charge in [-0.2, -0.15) is 5.10 Å². The summed E-state index contributed by atoms with van der Waals surface area (Å²) in [5, 5.41) is 8.11. The summed E-state index contributed by atoms with van der Waals surface area (Å²) in [4.78, 5) is 2.47. The summed E-state index contributed by atoms with van der Waals surface area (Å²) in [7, 11) is 0. The van der Waals surface area contributed by atoms with E-state index in [1.165, 1.54) is 18.5 Å². The largest absolute Gasteiger partial charge is 0.369 e. The Morgan fingerprint density at radius 3 is 2.84 bits per heavy atom. The minimum absolute atomic E-state index is 0.440. The average molecular weight is 264 g/mol. The number of hydrogen-bond donors (Lipinski definition) is 1. The topological polar surface area (TPSA) is 33.1 Å². The van der Waals surface area contributed by atoms with Gasteiger partial charge in [0.1, 0.15) is 0 Å². The standard InChI is InChI=1S/C15H28N4/c1-5-7-16-15-6-8-18(10-13(15)4)14-9-17-19(11-14)12(2)3/h9,11-13,15-16H,5-8,10H2,1-4H3. The van der Waals surface area contributed by atoms with Crippen molar-refractivity contribution in [1.29, 1.82) is 0 Å². The van der Waals surface area contributed by atoms with Crippen LogP contribution in [0.15, 0.2) is 12.4 Å². The molecule has 2 atom stereocenters. The van der Waals surface area contributed by atoms with Crippen molar-refractivity contribution in [2.75, 3.05) is 24.5 Å². The van der Waals surface area contributed by atoms with E-state index in [2.05, 4.69) is 49.2 Å². The number of aromatic nitrogens is 2. The van der Waals surface area contributed by atoms with Crippen molar-refractivity contribution in [3.63, 3.8) is 0 Å². The lowest BCUT2D eigenvalue weighted by Crippen LogP contribution is -2.48. The SMILES string of the molecule is CCCNC1CCN(c2cnn(C(C)C)c2)CC1C. The van der Waals surface area contributed by atoms with Gasteiger partial charge in [0.25, 0.3) is 0 Å². The Morgan fingerprint density at radius 1 is 1.47 bits per heavy atom. The Bertz CT molecular complexity index is 385. The van der Waals surface area contributed by atoms with Gasteiger partial charge in [0.15, 0.2) is 0 Å². The first kappa shape index (κ1) is 14.4. The monoisotopic (exact) mass is 264 g/mol. The fraction of sp³-hybridized carbons (Fsp3) is 0.800. The molecule has 2 rings (SSSR count). The summed E-state index contributed by atoms with van der Waals surface area (Å²) in [6, 6.07) is 1.12. The molecular weight excluding hydrogens is 236 g/mol. The Balaban J connectivity index is 1.93. The lowest BCUT2D eigenvalue weighted by molar-refractivity contribution is 0.322. The van der Waals surface area contributed by atoms with Gasteiger partial charge in [-0.25, -0.2) is 0 Å². The Hall–Kier alpha value is -1.03. The second kappa shape index (κ2) is 6.42. The highest BCUT2D eigenvalue weighted by molar-refractivity contribution is 5.43. The molecule has 0 aromatic carbocycles. The predicted molar refractivity (Wildman–Crippen MR) is 80.7 cm³/mol. The lowest BCUT2D eigenvalue weighted by Gasteiger charge is -2.38. The van der Waals surface area contributed by atoms with Crippen LogP contribution in [0.1, 0.15) is 46.6 Å². The molecule has 0 amide bonds. The van der Waals surface area contributed by atoms with Crippen molar-refractivity contribution in [2.24, 2.45) is 5.92 Å². The molecule has 1 aliphatic rings. The zero-order valence-electron chi connectivity index (χ0n) is 12.8. The molecule has 1 aliphatic heterocycles. The molecule has 1 aromatic rings. The molecule has 1 saturated heterocycles. The highest BCUT2D eigenvalue weighted by atomic mass is 15.3. The first-order chi connectivity index (χ1) is 9.11. The molecule has 2 heterocycles. The van der Waals surface area contributed by atoms with Gasteiger partial charge in [-0.1, -0.05) is 13.8 Å². The fourth-order valence-corrected chi connectivity index (χ4v) is 2.79. The fourth-order valence-electron chi connectivity index (χ4n) is 2.79. The second-order valence-corrected chi connectivity index (χ2v) is 6.04. The lowest BCUT2D eigenvalue weighted by atomic mass is 9.93. The van der Waals surface area contributed by atoms with Crippen LogP contribution in [0.4, 0.5) is 5.69 Å². The third-order valence-corrected chi connectivity index (χ3v) is 4.04. The van der Waals surface area contributed by atoms with Crippen molar-refractivity contribution >= 4 is 5.69 Å². The van der Waals surface area contributed by atoms with Gasteiger partial charge in [-0.3, -0.25) is 4.68 Å². The molecule has 0 aliphatic carbocycles. The van der Waals surface area contributed by atoms with Gasteiger partial charge >= 0.3 is 0 Å². The van der Waals surface area contributed by atoms with Crippen LogP contribution in [0.2, 0.25) is 0 Å². The summed E-state index contributed by atoms with van der Waals surface area (Å²) in [6.45, 7) is 12.3. The molecule has 108 valence electrons. The first-order valence-corrected chi connectivity index (χ1v) is 7.64. The summed E-state index contributed by atoms with van der Waals surface area (Å²) < 4.78 is 2.04. The van der Waals surface area contributed by atoms with Crippen LogP contribution in [0.25, 0.3) is 0 Å². The quantitative estimate of drug-likeness (QED) is 0.887. The molecule has 0 spiro atoms. The van der Waals surface area contributed by atoms with Gasteiger partial charge < -0.3 is 10.2 Å². The average Bonchev–Trinajstić information content (AvgIpc) is 2.87. The molecule has 1 N–H and O–H groups in total. The number of nitrogens with zero attached hydrogens (tertiary/aromatic N) is 3.